The number of thiophene rings is 1. The van der Waals surface area contributed by atoms with E-state index in [1.165, 1.54) is 4.88 Å². The molecule has 0 aliphatic carbocycles. The molecule has 1 amide bonds. The Morgan fingerprint density at radius 3 is 3.00 bits per heavy atom. The number of amides is 1. The molecular formula is C12H19NO2S. The van der Waals surface area contributed by atoms with E-state index in [9.17, 15) is 4.79 Å². The van der Waals surface area contributed by atoms with Crippen molar-refractivity contribution in [2.75, 3.05) is 13.2 Å². The van der Waals surface area contributed by atoms with Crippen molar-refractivity contribution in [3.05, 3.63) is 21.9 Å². The monoisotopic (exact) mass is 241 g/mol. The lowest BCUT2D eigenvalue weighted by molar-refractivity contribution is 0.0696. The van der Waals surface area contributed by atoms with Crippen LogP contribution in [0.1, 0.15) is 36.4 Å². The summed E-state index contributed by atoms with van der Waals surface area (Å²) in [6.45, 7) is 3.62. The first kappa shape index (κ1) is 11.6. The van der Waals surface area contributed by atoms with E-state index in [1.807, 2.05) is 11.4 Å². The van der Waals surface area contributed by atoms with Gasteiger partial charge in [0.1, 0.15) is 0 Å². The summed E-state index contributed by atoms with van der Waals surface area (Å²) in [5.41, 5.74) is 0.799. The minimum Gasteiger partial charge on any atom is -0.381 e. The third-order valence-corrected chi connectivity index (χ3v) is 3.90. The minimum atomic E-state index is 0. The Bertz CT molecular complexity index is 361. The maximum absolute atomic E-state index is 11.9. The molecule has 3 nitrogen and oxygen atoms in total. The van der Waals surface area contributed by atoms with Crippen LogP contribution in [-0.2, 0) is 11.2 Å². The first-order chi connectivity index (χ1) is 7.79. The smallest absolute Gasteiger partial charge is 0.252 e. The Morgan fingerprint density at radius 1 is 1.62 bits per heavy atom. The highest BCUT2D eigenvalue weighted by molar-refractivity contribution is 7.10. The molecular weight excluding hydrogens is 222 g/mol. The molecule has 1 aromatic rings. The minimum absolute atomic E-state index is 0. The molecule has 1 fully saturated rings. The van der Waals surface area contributed by atoms with Gasteiger partial charge in [0.25, 0.3) is 5.91 Å². The van der Waals surface area contributed by atoms with Gasteiger partial charge in [-0.2, -0.15) is 0 Å². The second-order valence-electron chi connectivity index (χ2n) is 4.02. The number of hydrogen-bond acceptors (Lipinski definition) is 3. The molecule has 2 rings (SSSR count). The van der Waals surface area contributed by atoms with Gasteiger partial charge in [0.15, 0.2) is 0 Å². The van der Waals surface area contributed by atoms with Gasteiger partial charge in [0.05, 0.1) is 5.56 Å². The summed E-state index contributed by atoms with van der Waals surface area (Å²) in [4.78, 5) is 13.2. The van der Waals surface area contributed by atoms with E-state index >= 15 is 0 Å². The molecule has 0 aromatic carbocycles. The van der Waals surface area contributed by atoms with Gasteiger partial charge in [-0.05, 0) is 25.3 Å². The predicted octanol–water partition coefficient (Wildman–Crippen LogP) is 2.47. The van der Waals surface area contributed by atoms with Crippen molar-refractivity contribution in [1.82, 2.24) is 5.32 Å². The fourth-order valence-electron chi connectivity index (χ4n) is 1.80. The van der Waals surface area contributed by atoms with E-state index in [4.69, 9.17) is 4.74 Å². The molecule has 1 N–H and O–H groups in total. The van der Waals surface area contributed by atoms with Crippen LogP contribution in [0.15, 0.2) is 11.4 Å². The van der Waals surface area contributed by atoms with E-state index in [0.29, 0.717) is 0 Å². The molecule has 2 heterocycles. The summed E-state index contributed by atoms with van der Waals surface area (Å²) in [5.74, 6) is 0.0582. The fraction of sp³-hybridized carbons (Fsp3) is 0.583. The summed E-state index contributed by atoms with van der Waals surface area (Å²) in [6, 6.07) is 2.27. The summed E-state index contributed by atoms with van der Waals surface area (Å²) in [5, 5.41) is 5.00. The van der Waals surface area contributed by atoms with Crippen molar-refractivity contribution in [2.45, 2.75) is 32.2 Å². The fourth-order valence-corrected chi connectivity index (χ4v) is 2.61. The van der Waals surface area contributed by atoms with Crippen LogP contribution >= 0.6 is 11.3 Å². The van der Waals surface area contributed by atoms with Crippen LogP contribution in [0.5, 0.6) is 0 Å². The Balaban J connectivity index is 0.00000144. The molecule has 0 saturated carbocycles. The average molecular weight is 241 g/mol. The van der Waals surface area contributed by atoms with E-state index in [-0.39, 0.29) is 13.4 Å². The van der Waals surface area contributed by atoms with Crippen molar-refractivity contribution in [3.63, 3.8) is 0 Å². The van der Waals surface area contributed by atoms with Crippen molar-refractivity contribution in [2.24, 2.45) is 0 Å². The SMILES string of the molecule is CCc1cc(C(=O)NC2CCOCC2)cs1.[HH]. The lowest BCUT2D eigenvalue weighted by Crippen LogP contribution is -2.38. The number of nitrogens with one attached hydrogen (secondary N) is 1. The highest BCUT2D eigenvalue weighted by Gasteiger charge is 2.17. The number of carbonyl (C=O) groups is 1. The Hall–Kier alpha value is -0.870. The topological polar surface area (TPSA) is 38.3 Å². The molecule has 0 radical (unpaired) electrons. The van der Waals surface area contributed by atoms with E-state index in [0.717, 1.165) is 38.0 Å². The molecule has 90 valence electrons. The quantitative estimate of drug-likeness (QED) is 0.883. The molecule has 0 atom stereocenters. The summed E-state index contributed by atoms with van der Waals surface area (Å²) < 4.78 is 5.26. The van der Waals surface area contributed by atoms with Crippen LogP contribution in [0.4, 0.5) is 0 Å². The van der Waals surface area contributed by atoms with Gasteiger partial charge >= 0.3 is 0 Å². The van der Waals surface area contributed by atoms with E-state index in [1.54, 1.807) is 11.3 Å². The average Bonchev–Trinajstić information content (AvgIpc) is 2.79. The van der Waals surface area contributed by atoms with Crippen LogP contribution in [0.3, 0.4) is 0 Å². The van der Waals surface area contributed by atoms with Gasteiger partial charge in [0, 0.05) is 30.9 Å². The molecule has 0 bridgehead atoms. The normalized spacial score (nSPS) is 17.3. The Morgan fingerprint density at radius 2 is 2.38 bits per heavy atom. The summed E-state index contributed by atoms with van der Waals surface area (Å²) in [6.07, 6.45) is 2.85. The molecule has 4 heteroatoms. The first-order valence-electron chi connectivity index (χ1n) is 5.75. The van der Waals surface area contributed by atoms with Gasteiger partial charge in [-0.25, -0.2) is 0 Å². The lowest BCUT2D eigenvalue weighted by atomic mass is 10.1. The Labute approximate surface area is 101 Å². The van der Waals surface area contributed by atoms with E-state index < -0.39 is 0 Å². The molecule has 1 aromatic heterocycles. The van der Waals surface area contributed by atoms with Gasteiger partial charge in [0.2, 0.25) is 0 Å². The van der Waals surface area contributed by atoms with Crippen molar-refractivity contribution in [1.29, 1.82) is 0 Å². The lowest BCUT2D eigenvalue weighted by Gasteiger charge is -2.22. The molecule has 0 unspecified atom stereocenters. The molecule has 1 aliphatic rings. The highest BCUT2D eigenvalue weighted by Crippen LogP contribution is 2.16. The highest BCUT2D eigenvalue weighted by atomic mass is 32.1. The maximum Gasteiger partial charge on any atom is 0.252 e. The number of aryl methyl sites for hydroxylation is 1. The second-order valence-corrected chi connectivity index (χ2v) is 5.01. The molecule has 16 heavy (non-hydrogen) atoms. The molecule has 0 spiro atoms. The summed E-state index contributed by atoms with van der Waals surface area (Å²) >= 11 is 1.65. The third kappa shape index (κ3) is 2.83. The summed E-state index contributed by atoms with van der Waals surface area (Å²) in [7, 11) is 0. The van der Waals surface area contributed by atoms with Crippen molar-refractivity contribution < 1.29 is 11.0 Å². The second kappa shape index (κ2) is 5.46. The zero-order valence-corrected chi connectivity index (χ0v) is 10.3. The Kier molecular flexibility index (Phi) is 3.96. The van der Waals surface area contributed by atoms with E-state index in [2.05, 4.69) is 12.2 Å². The third-order valence-electron chi connectivity index (χ3n) is 2.82. The zero-order chi connectivity index (χ0) is 11.4. The molecule has 1 aliphatic heterocycles. The number of hydrogen-bond donors (Lipinski definition) is 1. The number of carbonyl (C=O) groups excluding carboxylic acids is 1. The number of ether oxygens (including phenoxy) is 1. The van der Waals surface area contributed by atoms with Gasteiger partial charge < -0.3 is 10.1 Å². The van der Waals surface area contributed by atoms with Crippen molar-refractivity contribution >= 4 is 17.2 Å². The standard InChI is InChI=1S/C12H17NO2S.H2/c1-2-11-7-9(8-16-11)12(14)13-10-3-5-15-6-4-10;/h7-8,10H,2-6H2,1H3,(H,13,14);1H. The zero-order valence-electron chi connectivity index (χ0n) is 9.49. The van der Waals surface area contributed by atoms with Crippen LogP contribution in [-0.4, -0.2) is 25.2 Å². The van der Waals surface area contributed by atoms with Crippen LogP contribution in [0.2, 0.25) is 0 Å². The van der Waals surface area contributed by atoms with Gasteiger partial charge in [-0.15, -0.1) is 11.3 Å². The van der Waals surface area contributed by atoms with Crippen molar-refractivity contribution in [3.8, 4) is 0 Å². The van der Waals surface area contributed by atoms with Crippen LogP contribution < -0.4 is 5.32 Å². The predicted molar refractivity (Wildman–Crippen MR) is 67.1 cm³/mol. The molecule has 1 saturated heterocycles. The maximum atomic E-state index is 11.9. The van der Waals surface area contributed by atoms with Gasteiger partial charge in [-0.1, -0.05) is 6.92 Å². The van der Waals surface area contributed by atoms with Crippen LogP contribution in [0.25, 0.3) is 0 Å². The first-order valence-corrected chi connectivity index (χ1v) is 6.63. The number of rotatable bonds is 3. The van der Waals surface area contributed by atoms with Gasteiger partial charge in [-0.3, -0.25) is 4.79 Å². The van der Waals surface area contributed by atoms with Crippen LogP contribution in [0, 0.1) is 0 Å². The largest absolute Gasteiger partial charge is 0.381 e.